The number of carbonyl (C=O) groups excluding carboxylic acids is 3. The van der Waals surface area contributed by atoms with Gasteiger partial charge in [-0.15, -0.1) is 0 Å². The molecule has 0 saturated carbocycles. The van der Waals surface area contributed by atoms with Gasteiger partial charge in [0.2, 0.25) is 30.3 Å². The summed E-state index contributed by atoms with van der Waals surface area (Å²) in [5.74, 6) is 0.000168. The smallest absolute Gasteiger partial charge is 0.279 e. The van der Waals surface area contributed by atoms with E-state index in [1.165, 1.54) is 29.2 Å². The van der Waals surface area contributed by atoms with Gasteiger partial charge in [-0.2, -0.15) is 4.58 Å². The van der Waals surface area contributed by atoms with E-state index in [1.807, 2.05) is 30.3 Å². The van der Waals surface area contributed by atoms with Gasteiger partial charge in [0, 0.05) is 24.2 Å². The molecule has 1 saturated heterocycles. The molecule has 182 valence electrons. The highest BCUT2D eigenvalue weighted by molar-refractivity contribution is 6.47. The average Bonchev–Trinajstić information content (AvgIpc) is 3.50. The second-order valence-electron chi connectivity index (χ2n) is 8.90. The largest absolute Gasteiger partial charge is 0.332 e. The standard InChI is InChI=1S/C26H24N5O5/c32-22(21-7-4-12-29(21)24(33)15-18-5-2-1-3-6-18)16-28-13-14-30-23(17-28)27-25(26(30)34)19-8-10-20(11-9-19)31(35)36/h1-3,5-6,8-11,13,17,21H,4,7,12,14-16H2/q+1/t21-/m0/s1. The van der Waals surface area contributed by atoms with Crippen LogP contribution in [0.5, 0.6) is 0 Å². The molecular weight excluding hydrogens is 462 g/mol. The van der Waals surface area contributed by atoms with Gasteiger partial charge < -0.3 is 4.90 Å². The van der Waals surface area contributed by atoms with Crippen LogP contribution in [0.4, 0.5) is 5.69 Å². The summed E-state index contributed by atoms with van der Waals surface area (Å²) in [6.45, 7) is 0.894. The van der Waals surface area contributed by atoms with Crippen molar-refractivity contribution >= 4 is 35.2 Å². The highest BCUT2D eigenvalue weighted by Gasteiger charge is 2.38. The molecule has 36 heavy (non-hydrogen) atoms. The van der Waals surface area contributed by atoms with Gasteiger partial charge in [0.1, 0.15) is 12.3 Å². The summed E-state index contributed by atoms with van der Waals surface area (Å²) in [6, 6.07) is 14.7. The molecule has 0 unspecified atom stereocenters. The Hall–Kier alpha value is -4.47. The van der Waals surface area contributed by atoms with E-state index in [-0.39, 0.29) is 48.5 Å². The van der Waals surface area contributed by atoms with Crippen LogP contribution in [0.1, 0.15) is 24.0 Å². The van der Waals surface area contributed by atoms with E-state index < -0.39 is 11.0 Å². The molecule has 10 nitrogen and oxygen atoms in total. The van der Waals surface area contributed by atoms with E-state index in [4.69, 9.17) is 0 Å². The summed E-state index contributed by atoms with van der Waals surface area (Å²) in [5, 5.41) is 10.9. The predicted molar refractivity (Wildman–Crippen MR) is 131 cm³/mol. The normalized spacial score (nSPS) is 18.9. The maximum atomic E-state index is 13.2. The van der Waals surface area contributed by atoms with Crippen LogP contribution in [0.3, 0.4) is 0 Å². The molecule has 2 aromatic carbocycles. The van der Waals surface area contributed by atoms with Crippen molar-refractivity contribution in [3.05, 3.63) is 87.9 Å². The molecule has 2 amide bonds. The van der Waals surface area contributed by atoms with Crippen LogP contribution in [0.2, 0.25) is 0 Å². The SMILES string of the molecule is O=C(C[N+]1=CCN2C(=O)C(c3ccc([N+](=O)[O-])cc3)=NC2=C1)[C@@H]1CCCN1C(=O)Cc1ccccc1. The monoisotopic (exact) mass is 486 g/mol. The topological polar surface area (TPSA) is 116 Å². The number of rotatable bonds is 7. The summed E-state index contributed by atoms with van der Waals surface area (Å²) in [7, 11) is 0. The number of nitrogens with zero attached hydrogens (tertiary/aromatic N) is 5. The lowest BCUT2D eigenvalue weighted by Crippen LogP contribution is -2.44. The van der Waals surface area contributed by atoms with E-state index in [0.717, 1.165) is 12.0 Å². The number of hydrogen-bond acceptors (Lipinski definition) is 6. The molecular formula is C26H24N5O5+. The fraction of sp³-hybridized carbons (Fsp3) is 0.269. The van der Waals surface area contributed by atoms with Crippen LogP contribution in [-0.2, 0) is 20.8 Å². The Balaban J connectivity index is 1.27. The number of aliphatic imine (C=N–C) groups is 1. The molecule has 0 N–H and O–H groups in total. The number of Topliss-reactive ketones (excluding diaryl/α,β-unsaturated/α-hetero) is 1. The Kier molecular flexibility index (Phi) is 6.24. The van der Waals surface area contributed by atoms with Gasteiger partial charge in [-0.1, -0.05) is 30.3 Å². The number of ketones is 1. The summed E-state index contributed by atoms with van der Waals surface area (Å²) < 4.78 is 1.71. The Morgan fingerprint density at radius 1 is 1.11 bits per heavy atom. The number of non-ortho nitro benzene ring substituents is 1. The third-order valence-corrected chi connectivity index (χ3v) is 6.56. The number of nitro benzene ring substituents is 1. The van der Waals surface area contributed by atoms with Crippen molar-refractivity contribution in [1.29, 1.82) is 0 Å². The third kappa shape index (κ3) is 4.57. The quantitative estimate of drug-likeness (QED) is 0.337. The maximum Gasteiger partial charge on any atom is 0.279 e. The first-order chi connectivity index (χ1) is 17.4. The van der Waals surface area contributed by atoms with E-state index in [0.29, 0.717) is 24.4 Å². The molecule has 0 bridgehead atoms. The van der Waals surface area contributed by atoms with Crippen molar-refractivity contribution in [1.82, 2.24) is 9.80 Å². The molecule has 3 aliphatic heterocycles. The van der Waals surface area contributed by atoms with Gasteiger partial charge in [0.25, 0.3) is 11.6 Å². The zero-order valence-corrected chi connectivity index (χ0v) is 19.4. The van der Waals surface area contributed by atoms with Gasteiger partial charge in [-0.05, 0) is 30.5 Å². The maximum absolute atomic E-state index is 13.2. The molecule has 3 heterocycles. The van der Waals surface area contributed by atoms with Crippen molar-refractivity contribution in [2.24, 2.45) is 4.99 Å². The molecule has 1 fully saturated rings. The fourth-order valence-corrected chi connectivity index (χ4v) is 4.71. The molecule has 10 heteroatoms. The van der Waals surface area contributed by atoms with Gasteiger partial charge in [-0.25, -0.2) is 4.99 Å². The molecule has 0 aromatic heterocycles. The van der Waals surface area contributed by atoms with Crippen LogP contribution in [0.15, 0.2) is 71.6 Å². The van der Waals surface area contributed by atoms with E-state index >= 15 is 0 Å². The van der Waals surface area contributed by atoms with Crippen LogP contribution in [0, 0.1) is 10.1 Å². The highest BCUT2D eigenvalue weighted by atomic mass is 16.6. The van der Waals surface area contributed by atoms with Gasteiger partial charge >= 0.3 is 0 Å². The Morgan fingerprint density at radius 2 is 1.86 bits per heavy atom. The first-order valence-electron chi connectivity index (χ1n) is 11.7. The number of amides is 2. The van der Waals surface area contributed by atoms with Crippen molar-refractivity contribution < 1.29 is 23.9 Å². The molecule has 5 rings (SSSR count). The molecule has 3 aliphatic rings. The number of carbonyl (C=O) groups is 3. The van der Waals surface area contributed by atoms with Crippen LogP contribution >= 0.6 is 0 Å². The summed E-state index contributed by atoms with van der Waals surface area (Å²) in [6.07, 6.45) is 5.08. The van der Waals surface area contributed by atoms with E-state index in [9.17, 15) is 24.5 Å². The first kappa shape index (κ1) is 23.3. The zero-order valence-electron chi connectivity index (χ0n) is 19.4. The van der Waals surface area contributed by atoms with Gasteiger partial charge in [0.15, 0.2) is 6.21 Å². The fourth-order valence-electron chi connectivity index (χ4n) is 4.71. The van der Waals surface area contributed by atoms with Crippen molar-refractivity contribution in [3.8, 4) is 0 Å². The molecule has 0 aliphatic carbocycles. The summed E-state index contributed by atoms with van der Waals surface area (Å²) in [5.41, 5.74) is 1.54. The van der Waals surface area contributed by atoms with Crippen molar-refractivity contribution in [3.63, 3.8) is 0 Å². The van der Waals surface area contributed by atoms with Gasteiger partial charge in [-0.3, -0.25) is 29.4 Å². The number of benzene rings is 2. The second-order valence-corrected chi connectivity index (χ2v) is 8.90. The minimum atomic E-state index is -0.502. The average molecular weight is 487 g/mol. The van der Waals surface area contributed by atoms with E-state index in [2.05, 4.69) is 4.99 Å². The van der Waals surface area contributed by atoms with Gasteiger partial charge in [0.05, 0.1) is 17.4 Å². The minimum Gasteiger partial charge on any atom is -0.332 e. The Morgan fingerprint density at radius 3 is 2.58 bits per heavy atom. The number of likely N-dealkylation sites (tertiary alicyclic amines) is 1. The van der Waals surface area contributed by atoms with Crippen LogP contribution in [0.25, 0.3) is 0 Å². The number of nitro groups is 1. The predicted octanol–water partition coefficient (Wildman–Crippen LogP) is 1.92. The lowest BCUT2D eigenvalue weighted by atomic mass is 10.1. The number of fused-ring (bicyclic) bond motifs is 1. The Bertz CT molecular complexity index is 1330. The summed E-state index contributed by atoms with van der Waals surface area (Å²) >= 11 is 0. The summed E-state index contributed by atoms with van der Waals surface area (Å²) in [4.78, 5) is 56.9. The molecule has 0 spiro atoms. The molecule has 0 radical (unpaired) electrons. The van der Waals surface area contributed by atoms with Crippen molar-refractivity contribution in [2.75, 3.05) is 19.6 Å². The van der Waals surface area contributed by atoms with Crippen LogP contribution in [-0.4, -0.2) is 74.5 Å². The Labute approximate surface area is 207 Å². The molecule has 1 atom stereocenters. The first-order valence-corrected chi connectivity index (χ1v) is 11.7. The van der Waals surface area contributed by atoms with Crippen LogP contribution < -0.4 is 0 Å². The minimum absolute atomic E-state index is 0.0528. The molecule has 2 aromatic rings. The number of hydrogen-bond donors (Lipinski definition) is 0. The second kappa shape index (κ2) is 9.65. The zero-order chi connectivity index (χ0) is 25.2. The third-order valence-electron chi connectivity index (χ3n) is 6.56. The van der Waals surface area contributed by atoms with Crippen molar-refractivity contribution in [2.45, 2.75) is 25.3 Å². The lowest BCUT2D eigenvalue weighted by Gasteiger charge is -2.23. The lowest BCUT2D eigenvalue weighted by molar-refractivity contribution is -0.445. The highest BCUT2D eigenvalue weighted by Crippen LogP contribution is 2.24. The van der Waals surface area contributed by atoms with E-state index in [1.54, 1.807) is 21.9 Å².